The van der Waals surface area contributed by atoms with Gasteiger partial charge in [-0.15, -0.1) is 0 Å². The van der Waals surface area contributed by atoms with Crippen molar-refractivity contribution in [2.45, 2.75) is 57.8 Å². The predicted octanol–water partition coefficient (Wildman–Crippen LogP) is -2.03. The van der Waals surface area contributed by atoms with Crippen LogP contribution in [0.15, 0.2) is 12.5 Å². The molecule has 31 heavy (non-hydrogen) atoms. The van der Waals surface area contributed by atoms with Crippen molar-refractivity contribution in [2.75, 3.05) is 0 Å². The summed E-state index contributed by atoms with van der Waals surface area (Å²) >= 11 is 0. The zero-order valence-corrected chi connectivity index (χ0v) is 17.4. The highest BCUT2D eigenvalue weighted by molar-refractivity contribution is 5.95. The molecule has 0 bridgehead atoms. The highest BCUT2D eigenvalue weighted by Gasteiger charge is 2.31. The average Bonchev–Trinajstić information content (AvgIpc) is 3.18. The fourth-order valence-corrected chi connectivity index (χ4v) is 2.43. The van der Waals surface area contributed by atoms with Crippen LogP contribution in [-0.2, 0) is 30.4 Å². The molecule has 0 aliphatic rings. The van der Waals surface area contributed by atoms with Gasteiger partial charge in [0, 0.05) is 18.3 Å². The quantitative estimate of drug-likeness (QED) is 0.190. The highest BCUT2D eigenvalue weighted by Crippen LogP contribution is 2.04. The first-order valence-electron chi connectivity index (χ1n) is 9.50. The summed E-state index contributed by atoms with van der Waals surface area (Å²) in [5, 5.41) is 24.9. The molecule has 13 nitrogen and oxygen atoms in total. The standard InChI is InChI=1S/C18H28N6O7/c1-8(2)14(19)17(29)24-11(4-10-6-20-7-21-10)16(28)23-12(5-13(25)26)15(27)22-9(3)18(30)31/h6-9,11-12,14H,4-5,19H2,1-3H3,(H,20,21)(H,22,27)(H,23,28)(H,24,29)(H,25,26)(H,30,31). The number of aromatic nitrogens is 2. The number of carbonyl (C=O) groups is 5. The first-order valence-corrected chi connectivity index (χ1v) is 9.50. The molecule has 0 radical (unpaired) electrons. The number of hydrogen-bond acceptors (Lipinski definition) is 7. The normalized spacial score (nSPS) is 14.7. The van der Waals surface area contributed by atoms with Crippen molar-refractivity contribution in [2.24, 2.45) is 11.7 Å². The van der Waals surface area contributed by atoms with Crippen LogP contribution in [-0.4, -0.2) is 74.0 Å². The summed E-state index contributed by atoms with van der Waals surface area (Å²) in [6.45, 7) is 4.64. The minimum atomic E-state index is -1.56. The minimum absolute atomic E-state index is 0.0324. The molecule has 3 amide bonds. The predicted molar refractivity (Wildman–Crippen MR) is 106 cm³/mol. The third-order valence-electron chi connectivity index (χ3n) is 4.37. The summed E-state index contributed by atoms with van der Waals surface area (Å²) in [6.07, 6.45) is 1.99. The molecular formula is C18H28N6O7. The number of aromatic amines is 1. The Morgan fingerprint density at radius 2 is 1.58 bits per heavy atom. The fraction of sp³-hybridized carbons (Fsp3) is 0.556. The first-order chi connectivity index (χ1) is 14.4. The SMILES string of the molecule is CC(NC(=O)C(CC(=O)O)NC(=O)C(Cc1cnc[nH]1)NC(=O)C(N)C(C)C)C(=O)O. The Balaban J connectivity index is 3.01. The number of amides is 3. The van der Waals surface area contributed by atoms with Gasteiger partial charge in [0.2, 0.25) is 17.7 Å². The number of nitrogens with zero attached hydrogens (tertiary/aromatic N) is 1. The fourth-order valence-electron chi connectivity index (χ4n) is 2.43. The van der Waals surface area contributed by atoms with Gasteiger partial charge >= 0.3 is 11.9 Å². The second-order valence-corrected chi connectivity index (χ2v) is 7.34. The lowest BCUT2D eigenvalue weighted by molar-refractivity contribution is -0.143. The number of nitrogens with one attached hydrogen (secondary N) is 4. The maximum atomic E-state index is 12.8. The molecule has 1 aromatic heterocycles. The summed E-state index contributed by atoms with van der Waals surface area (Å²) < 4.78 is 0. The number of hydrogen-bond donors (Lipinski definition) is 7. The van der Waals surface area contributed by atoms with Crippen molar-refractivity contribution < 1.29 is 34.2 Å². The lowest BCUT2D eigenvalue weighted by Crippen LogP contribution is -2.58. The van der Waals surface area contributed by atoms with Gasteiger partial charge in [-0.05, 0) is 12.8 Å². The summed E-state index contributed by atoms with van der Waals surface area (Å²) in [4.78, 5) is 66.2. The Labute approximate surface area is 178 Å². The zero-order chi connectivity index (χ0) is 23.7. The van der Waals surface area contributed by atoms with Crippen LogP contribution in [0.2, 0.25) is 0 Å². The van der Waals surface area contributed by atoms with E-state index in [9.17, 15) is 24.0 Å². The highest BCUT2D eigenvalue weighted by atomic mass is 16.4. The van der Waals surface area contributed by atoms with Gasteiger partial charge in [0.05, 0.1) is 18.8 Å². The molecule has 13 heteroatoms. The van der Waals surface area contributed by atoms with Crippen LogP contribution in [0.5, 0.6) is 0 Å². The number of H-pyrrole nitrogens is 1. The molecule has 0 spiro atoms. The Morgan fingerprint density at radius 3 is 2.06 bits per heavy atom. The van der Waals surface area contributed by atoms with Gasteiger partial charge in [-0.3, -0.25) is 24.0 Å². The Hall–Kier alpha value is -3.48. The topological polar surface area (TPSA) is 217 Å². The van der Waals surface area contributed by atoms with Gasteiger partial charge in [0.15, 0.2) is 0 Å². The Morgan fingerprint density at radius 1 is 1.00 bits per heavy atom. The van der Waals surface area contributed by atoms with Crippen molar-refractivity contribution >= 4 is 29.7 Å². The number of carboxylic acids is 2. The van der Waals surface area contributed by atoms with Crippen LogP contribution >= 0.6 is 0 Å². The van der Waals surface area contributed by atoms with Crippen LogP contribution < -0.4 is 21.7 Å². The van der Waals surface area contributed by atoms with Gasteiger partial charge in [0.1, 0.15) is 18.1 Å². The zero-order valence-electron chi connectivity index (χ0n) is 17.4. The number of carbonyl (C=O) groups excluding carboxylic acids is 3. The van der Waals surface area contributed by atoms with Crippen molar-refractivity contribution in [1.82, 2.24) is 25.9 Å². The van der Waals surface area contributed by atoms with Crippen LogP contribution in [0, 0.1) is 5.92 Å². The van der Waals surface area contributed by atoms with E-state index in [2.05, 4.69) is 25.9 Å². The van der Waals surface area contributed by atoms with Crippen molar-refractivity contribution in [3.05, 3.63) is 18.2 Å². The molecular weight excluding hydrogens is 412 g/mol. The number of carboxylic acid groups (broad SMARTS) is 2. The van der Waals surface area contributed by atoms with Crippen LogP contribution in [0.25, 0.3) is 0 Å². The lowest BCUT2D eigenvalue weighted by atomic mass is 10.0. The van der Waals surface area contributed by atoms with Gasteiger partial charge in [-0.25, -0.2) is 4.98 Å². The second-order valence-electron chi connectivity index (χ2n) is 7.34. The van der Waals surface area contributed by atoms with E-state index in [0.29, 0.717) is 5.69 Å². The average molecular weight is 440 g/mol. The van der Waals surface area contributed by atoms with E-state index in [1.165, 1.54) is 19.4 Å². The van der Waals surface area contributed by atoms with Gasteiger partial charge in [-0.2, -0.15) is 0 Å². The molecule has 172 valence electrons. The minimum Gasteiger partial charge on any atom is -0.481 e. The summed E-state index contributed by atoms with van der Waals surface area (Å²) in [6, 6.07) is -4.96. The summed E-state index contributed by atoms with van der Waals surface area (Å²) in [5.74, 6) is -5.37. The molecule has 0 fully saturated rings. The summed E-state index contributed by atoms with van der Waals surface area (Å²) in [7, 11) is 0. The molecule has 1 aromatic rings. The first kappa shape index (κ1) is 25.6. The number of nitrogens with two attached hydrogens (primary N) is 1. The van der Waals surface area contributed by atoms with Crippen molar-refractivity contribution in [3.63, 3.8) is 0 Å². The molecule has 0 saturated heterocycles. The summed E-state index contributed by atoms with van der Waals surface area (Å²) in [5.41, 5.74) is 6.32. The van der Waals surface area contributed by atoms with Crippen LogP contribution in [0.1, 0.15) is 32.9 Å². The largest absolute Gasteiger partial charge is 0.481 e. The van der Waals surface area contributed by atoms with Crippen LogP contribution in [0.4, 0.5) is 0 Å². The maximum absolute atomic E-state index is 12.8. The van der Waals surface area contributed by atoms with E-state index < -0.39 is 60.2 Å². The Kier molecular flexibility index (Phi) is 9.60. The number of rotatable bonds is 12. The van der Waals surface area contributed by atoms with Crippen molar-refractivity contribution in [3.8, 4) is 0 Å². The maximum Gasteiger partial charge on any atom is 0.325 e. The van der Waals surface area contributed by atoms with Crippen molar-refractivity contribution in [1.29, 1.82) is 0 Å². The molecule has 1 heterocycles. The third-order valence-corrected chi connectivity index (χ3v) is 4.37. The molecule has 4 atom stereocenters. The van der Waals surface area contributed by atoms with E-state index in [4.69, 9.17) is 15.9 Å². The van der Waals surface area contributed by atoms with Gasteiger partial charge in [0.25, 0.3) is 0 Å². The molecule has 0 aromatic carbocycles. The van der Waals surface area contributed by atoms with Gasteiger partial charge in [-0.1, -0.05) is 13.8 Å². The van der Waals surface area contributed by atoms with E-state index in [1.54, 1.807) is 13.8 Å². The molecule has 4 unspecified atom stereocenters. The van der Waals surface area contributed by atoms with E-state index in [-0.39, 0.29) is 12.3 Å². The second kappa shape index (κ2) is 11.6. The number of aliphatic carboxylic acids is 2. The van der Waals surface area contributed by atoms with E-state index in [0.717, 1.165) is 0 Å². The third kappa shape index (κ3) is 8.42. The van der Waals surface area contributed by atoms with E-state index in [1.807, 2.05) is 0 Å². The molecule has 0 aliphatic heterocycles. The smallest absolute Gasteiger partial charge is 0.325 e. The Bertz CT molecular complexity index is 795. The monoisotopic (exact) mass is 440 g/mol. The number of imidazole rings is 1. The molecule has 1 rings (SSSR count). The lowest BCUT2D eigenvalue weighted by Gasteiger charge is -2.24. The molecule has 0 saturated carbocycles. The van der Waals surface area contributed by atoms with Crippen LogP contribution in [0.3, 0.4) is 0 Å². The van der Waals surface area contributed by atoms with Gasteiger partial charge < -0.3 is 36.9 Å². The van der Waals surface area contributed by atoms with E-state index >= 15 is 0 Å². The molecule has 8 N–H and O–H groups in total. The molecule has 0 aliphatic carbocycles.